The number of hydrogen-bond donors (Lipinski definition) is 0. The van der Waals surface area contributed by atoms with Gasteiger partial charge in [0.2, 0.25) is 5.88 Å². The van der Waals surface area contributed by atoms with Crippen LogP contribution in [-0.2, 0) is 20.1 Å². The summed E-state index contributed by atoms with van der Waals surface area (Å²) in [4.78, 5) is 15.1. The maximum absolute atomic E-state index is 13.4. The van der Waals surface area contributed by atoms with Crippen LogP contribution in [0.3, 0.4) is 0 Å². The Balaban J connectivity index is 1.58. The second-order valence-electron chi connectivity index (χ2n) is 8.26. The van der Waals surface area contributed by atoms with Crippen molar-refractivity contribution in [2.75, 3.05) is 0 Å². The molecule has 0 saturated heterocycles. The van der Waals surface area contributed by atoms with Crippen LogP contribution in [-0.4, -0.2) is 20.6 Å². The van der Waals surface area contributed by atoms with E-state index in [1.165, 1.54) is 6.26 Å². The number of carbonyl (C=O) groups is 1. The zero-order chi connectivity index (χ0) is 24.2. The molecule has 2 aromatic carbocycles. The number of rotatable bonds is 8. The normalized spacial score (nSPS) is 10.9. The van der Waals surface area contributed by atoms with Crippen LogP contribution in [0.15, 0.2) is 100 Å². The van der Waals surface area contributed by atoms with Gasteiger partial charge in [0, 0.05) is 12.6 Å². The summed E-state index contributed by atoms with van der Waals surface area (Å²) in [7, 11) is 1.84. The van der Waals surface area contributed by atoms with Gasteiger partial charge in [-0.3, -0.25) is 4.79 Å². The summed E-state index contributed by atoms with van der Waals surface area (Å²) in [6.07, 6.45) is 3.08. The first kappa shape index (κ1) is 22.3. The highest BCUT2D eigenvalue weighted by molar-refractivity contribution is 5.91. The smallest absolute Gasteiger partial charge is 0.290 e. The third-order valence-corrected chi connectivity index (χ3v) is 5.63. The molecule has 35 heavy (non-hydrogen) atoms. The van der Waals surface area contributed by atoms with Gasteiger partial charge in [0.05, 0.1) is 31.2 Å². The van der Waals surface area contributed by atoms with Gasteiger partial charge in [0.1, 0.15) is 17.2 Å². The highest BCUT2D eigenvalue weighted by Crippen LogP contribution is 2.35. The number of nitrogens with zero attached hydrogens (tertiary/aromatic N) is 3. The minimum atomic E-state index is -0.254. The Morgan fingerprint density at radius 3 is 2.46 bits per heavy atom. The van der Waals surface area contributed by atoms with E-state index >= 15 is 0 Å². The number of carbonyl (C=O) groups excluding carboxylic acids is 1. The van der Waals surface area contributed by atoms with Crippen LogP contribution in [0.25, 0.3) is 11.3 Å². The lowest BCUT2D eigenvalue weighted by molar-refractivity contribution is 0.0684. The zero-order valence-corrected chi connectivity index (χ0v) is 19.5. The van der Waals surface area contributed by atoms with E-state index < -0.39 is 0 Å². The van der Waals surface area contributed by atoms with Gasteiger partial charge < -0.3 is 18.5 Å². The Morgan fingerprint density at radius 1 is 0.943 bits per heavy atom. The number of ether oxygens (including phenoxy) is 1. The molecule has 0 spiro atoms. The topological polar surface area (TPSA) is 73.6 Å². The van der Waals surface area contributed by atoms with E-state index in [4.69, 9.17) is 18.7 Å². The predicted molar refractivity (Wildman–Crippen MR) is 131 cm³/mol. The molecule has 3 heterocycles. The van der Waals surface area contributed by atoms with Crippen molar-refractivity contribution in [1.29, 1.82) is 0 Å². The largest absolute Gasteiger partial charge is 0.467 e. The first-order valence-electron chi connectivity index (χ1n) is 11.3. The monoisotopic (exact) mass is 467 g/mol. The van der Waals surface area contributed by atoms with Crippen molar-refractivity contribution in [2.24, 2.45) is 7.05 Å². The summed E-state index contributed by atoms with van der Waals surface area (Å²) in [5.41, 5.74) is 3.54. The Labute approximate surface area is 203 Å². The molecule has 176 valence electrons. The number of hydrogen-bond acceptors (Lipinski definition) is 5. The molecule has 7 nitrogen and oxygen atoms in total. The number of amides is 1. The molecule has 5 aromatic rings. The Kier molecular flexibility index (Phi) is 6.22. The summed E-state index contributed by atoms with van der Waals surface area (Å²) < 4.78 is 19.0. The van der Waals surface area contributed by atoms with Crippen LogP contribution in [0, 0.1) is 6.92 Å². The minimum Gasteiger partial charge on any atom is -0.467 e. The zero-order valence-electron chi connectivity index (χ0n) is 19.5. The molecule has 3 aromatic heterocycles. The van der Waals surface area contributed by atoms with Crippen LogP contribution in [0.5, 0.6) is 11.6 Å². The van der Waals surface area contributed by atoms with Gasteiger partial charge in [0.15, 0.2) is 5.76 Å². The fraction of sp³-hybridized carbons (Fsp3) is 0.143. The third kappa shape index (κ3) is 4.89. The Morgan fingerprint density at radius 2 is 1.74 bits per heavy atom. The molecule has 0 unspecified atom stereocenters. The van der Waals surface area contributed by atoms with Gasteiger partial charge in [-0.1, -0.05) is 42.5 Å². The van der Waals surface area contributed by atoms with Gasteiger partial charge in [-0.05, 0) is 48.9 Å². The van der Waals surface area contributed by atoms with Crippen molar-refractivity contribution in [1.82, 2.24) is 14.7 Å². The molecule has 0 aliphatic carbocycles. The van der Waals surface area contributed by atoms with Crippen LogP contribution in [0.4, 0.5) is 0 Å². The van der Waals surface area contributed by atoms with Crippen molar-refractivity contribution in [3.05, 3.63) is 114 Å². The fourth-order valence-corrected chi connectivity index (χ4v) is 3.98. The van der Waals surface area contributed by atoms with E-state index in [-0.39, 0.29) is 24.8 Å². The van der Waals surface area contributed by atoms with E-state index in [9.17, 15) is 4.79 Å². The van der Waals surface area contributed by atoms with Crippen LogP contribution >= 0.6 is 0 Å². The van der Waals surface area contributed by atoms with Gasteiger partial charge in [0.25, 0.3) is 5.91 Å². The molecule has 0 atom stereocenters. The Hall–Kier alpha value is -4.52. The molecule has 0 radical (unpaired) electrons. The predicted octanol–water partition coefficient (Wildman–Crippen LogP) is 6.22. The molecule has 0 aliphatic rings. The van der Waals surface area contributed by atoms with Crippen molar-refractivity contribution in [2.45, 2.75) is 20.0 Å². The van der Waals surface area contributed by atoms with Crippen LogP contribution in [0.1, 0.15) is 27.4 Å². The van der Waals surface area contributed by atoms with Gasteiger partial charge in [-0.25, -0.2) is 4.68 Å². The standard InChI is InChI=1S/C28H25N3O4/c1-20-9-6-12-22(17-20)35-28-24(26(29-30(28)2)21-10-4-3-5-11-21)19-31(18-23-13-7-15-33-23)27(32)25-14-8-16-34-25/h3-17H,18-19H2,1-2H3. The van der Waals surface area contributed by atoms with Crippen molar-refractivity contribution >= 4 is 5.91 Å². The number of benzene rings is 2. The number of furan rings is 2. The fourth-order valence-electron chi connectivity index (χ4n) is 3.98. The van der Waals surface area contributed by atoms with Gasteiger partial charge >= 0.3 is 0 Å². The first-order chi connectivity index (χ1) is 17.1. The van der Waals surface area contributed by atoms with Crippen LogP contribution < -0.4 is 4.74 Å². The first-order valence-corrected chi connectivity index (χ1v) is 11.3. The molecular weight excluding hydrogens is 442 g/mol. The molecule has 0 bridgehead atoms. The summed E-state index contributed by atoms with van der Waals surface area (Å²) in [5, 5.41) is 4.78. The number of aromatic nitrogens is 2. The highest BCUT2D eigenvalue weighted by Gasteiger charge is 2.27. The molecule has 7 heteroatoms. The molecule has 1 amide bonds. The van der Waals surface area contributed by atoms with Crippen molar-refractivity contribution in [3.8, 4) is 22.9 Å². The highest BCUT2D eigenvalue weighted by atomic mass is 16.5. The molecule has 0 saturated carbocycles. The number of aryl methyl sites for hydroxylation is 2. The van der Waals surface area contributed by atoms with E-state index in [1.807, 2.05) is 74.6 Å². The molecule has 0 aliphatic heterocycles. The lowest BCUT2D eigenvalue weighted by atomic mass is 10.1. The second kappa shape index (κ2) is 9.77. The maximum Gasteiger partial charge on any atom is 0.290 e. The average Bonchev–Trinajstić information content (AvgIpc) is 3.63. The lowest BCUT2D eigenvalue weighted by Gasteiger charge is -2.21. The molecule has 5 rings (SSSR count). The SMILES string of the molecule is Cc1cccc(Oc2c(CN(Cc3ccco3)C(=O)c3ccco3)c(-c3ccccc3)nn2C)c1. The Bertz CT molecular complexity index is 1400. The molecule has 0 fully saturated rings. The van der Waals surface area contributed by atoms with Gasteiger partial charge in [-0.15, -0.1) is 0 Å². The van der Waals surface area contributed by atoms with E-state index in [1.54, 1.807) is 34.0 Å². The summed E-state index contributed by atoms with van der Waals surface area (Å²) >= 11 is 0. The van der Waals surface area contributed by atoms with Gasteiger partial charge in [-0.2, -0.15) is 5.10 Å². The van der Waals surface area contributed by atoms with Crippen molar-refractivity contribution in [3.63, 3.8) is 0 Å². The lowest BCUT2D eigenvalue weighted by Crippen LogP contribution is -2.30. The summed E-state index contributed by atoms with van der Waals surface area (Å²) in [5.74, 6) is 1.92. The minimum absolute atomic E-state index is 0.236. The average molecular weight is 468 g/mol. The third-order valence-electron chi connectivity index (χ3n) is 5.63. The van der Waals surface area contributed by atoms with Crippen LogP contribution in [0.2, 0.25) is 0 Å². The summed E-state index contributed by atoms with van der Waals surface area (Å²) in [6, 6.07) is 24.7. The molecular formula is C28H25N3O4. The maximum atomic E-state index is 13.4. The van der Waals surface area contributed by atoms with E-state index in [0.717, 1.165) is 22.4 Å². The van der Waals surface area contributed by atoms with Crippen molar-refractivity contribution < 1.29 is 18.4 Å². The molecule has 0 N–H and O–H groups in total. The van der Waals surface area contributed by atoms with E-state index in [0.29, 0.717) is 17.4 Å². The van der Waals surface area contributed by atoms with E-state index in [2.05, 4.69) is 0 Å². The quantitative estimate of drug-likeness (QED) is 0.271. The second-order valence-corrected chi connectivity index (χ2v) is 8.26. The summed E-state index contributed by atoms with van der Waals surface area (Å²) in [6.45, 7) is 2.51.